The van der Waals surface area contributed by atoms with E-state index in [1.54, 1.807) is 24.5 Å². The Morgan fingerprint density at radius 1 is 1.12 bits per heavy atom. The first-order valence-corrected chi connectivity index (χ1v) is 5.47. The van der Waals surface area contributed by atoms with Gasteiger partial charge in [-0.15, -0.1) is 0 Å². The summed E-state index contributed by atoms with van der Waals surface area (Å²) in [6, 6.07) is 6.31. The number of hydrogen-bond acceptors (Lipinski definition) is 3. The van der Waals surface area contributed by atoms with Crippen LogP contribution in [0.25, 0.3) is 11.1 Å². The smallest absolute Gasteiger partial charge is 0.129 e. The van der Waals surface area contributed by atoms with Gasteiger partial charge >= 0.3 is 0 Å². The van der Waals surface area contributed by atoms with Crippen LogP contribution in [-0.2, 0) is 6.42 Å². The molecular weight excluding hydrogens is 217 g/mol. The summed E-state index contributed by atoms with van der Waals surface area (Å²) in [5.74, 6) is 0.481. The summed E-state index contributed by atoms with van der Waals surface area (Å²) < 4.78 is 12.8. The van der Waals surface area contributed by atoms with E-state index in [0.29, 0.717) is 6.42 Å². The van der Waals surface area contributed by atoms with E-state index < -0.39 is 0 Å². The third kappa shape index (κ3) is 3.07. The highest BCUT2D eigenvalue weighted by Crippen LogP contribution is 2.17. The molecule has 0 aliphatic heterocycles. The Balaban J connectivity index is 2.20. The summed E-state index contributed by atoms with van der Waals surface area (Å²) in [7, 11) is 0. The standard InChI is InChI=1S/C13H14FN3/c1-9(15)6-13-16-7-11(8-17-13)10-2-4-12(14)5-3-10/h2-5,7-9H,6,15H2,1H3. The Bertz CT molecular complexity index is 477. The van der Waals surface area contributed by atoms with Gasteiger partial charge in [-0.2, -0.15) is 0 Å². The van der Waals surface area contributed by atoms with Crippen LogP contribution in [-0.4, -0.2) is 16.0 Å². The molecule has 0 fully saturated rings. The van der Waals surface area contributed by atoms with Crippen LogP contribution in [0.15, 0.2) is 36.7 Å². The molecule has 2 aromatic rings. The second-order valence-electron chi connectivity index (χ2n) is 4.08. The number of hydrogen-bond donors (Lipinski definition) is 1. The Morgan fingerprint density at radius 2 is 1.71 bits per heavy atom. The van der Waals surface area contributed by atoms with E-state index in [-0.39, 0.29) is 11.9 Å². The summed E-state index contributed by atoms with van der Waals surface area (Å²) in [4.78, 5) is 8.47. The largest absolute Gasteiger partial charge is 0.328 e. The van der Waals surface area contributed by atoms with Crippen molar-refractivity contribution < 1.29 is 4.39 Å². The average molecular weight is 231 g/mol. The predicted octanol–water partition coefficient (Wildman–Crippen LogP) is 2.17. The van der Waals surface area contributed by atoms with Crippen LogP contribution in [0.5, 0.6) is 0 Å². The van der Waals surface area contributed by atoms with Gasteiger partial charge in [0, 0.05) is 30.4 Å². The van der Waals surface area contributed by atoms with E-state index >= 15 is 0 Å². The van der Waals surface area contributed by atoms with Crippen LogP contribution in [0, 0.1) is 5.82 Å². The Hall–Kier alpha value is -1.81. The van der Waals surface area contributed by atoms with E-state index in [4.69, 9.17) is 5.73 Å². The zero-order valence-corrected chi connectivity index (χ0v) is 9.60. The summed E-state index contributed by atoms with van der Waals surface area (Å²) in [5, 5.41) is 0. The fraction of sp³-hybridized carbons (Fsp3) is 0.231. The number of nitrogens with two attached hydrogens (primary N) is 1. The van der Waals surface area contributed by atoms with Crippen molar-refractivity contribution in [2.75, 3.05) is 0 Å². The molecule has 2 rings (SSSR count). The molecule has 0 aliphatic rings. The minimum Gasteiger partial charge on any atom is -0.328 e. The predicted molar refractivity (Wildman–Crippen MR) is 64.8 cm³/mol. The normalized spacial score (nSPS) is 12.4. The van der Waals surface area contributed by atoms with Gasteiger partial charge in [0.1, 0.15) is 11.6 Å². The summed E-state index contributed by atoms with van der Waals surface area (Å²) in [6.07, 6.45) is 4.12. The van der Waals surface area contributed by atoms with Crippen molar-refractivity contribution in [1.29, 1.82) is 0 Å². The molecule has 0 radical (unpaired) electrons. The molecule has 17 heavy (non-hydrogen) atoms. The monoisotopic (exact) mass is 231 g/mol. The van der Waals surface area contributed by atoms with E-state index in [1.807, 2.05) is 6.92 Å². The third-order valence-electron chi connectivity index (χ3n) is 2.39. The number of halogens is 1. The lowest BCUT2D eigenvalue weighted by Crippen LogP contribution is -2.19. The fourth-order valence-electron chi connectivity index (χ4n) is 1.54. The van der Waals surface area contributed by atoms with Crippen LogP contribution in [0.2, 0.25) is 0 Å². The van der Waals surface area contributed by atoms with Crippen molar-refractivity contribution in [2.24, 2.45) is 5.73 Å². The first-order chi connectivity index (χ1) is 8.15. The lowest BCUT2D eigenvalue weighted by molar-refractivity contribution is 0.628. The first-order valence-electron chi connectivity index (χ1n) is 5.47. The molecule has 1 aromatic heterocycles. The molecule has 0 saturated carbocycles. The fourth-order valence-corrected chi connectivity index (χ4v) is 1.54. The van der Waals surface area contributed by atoms with Crippen LogP contribution >= 0.6 is 0 Å². The molecule has 1 heterocycles. The van der Waals surface area contributed by atoms with Crippen molar-refractivity contribution in [1.82, 2.24) is 9.97 Å². The van der Waals surface area contributed by atoms with Crippen molar-refractivity contribution in [3.05, 3.63) is 48.3 Å². The van der Waals surface area contributed by atoms with Gasteiger partial charge in [0.05, 0.1) is 0 Å². The summed E-state index contributed by atoms with van der Waals surface area (Å²) in [6.45, 7) is 1.91. The number of aromatic nitrogens is 2. The molecule has 0 saturated heterocycles. The van der Waals surface area contributed by atoms with Crippen LogP contribution in [0.4, 0.5) is 4.39 Å². The summed E-state index contributed by atoms with van der Waals surface area (Å²) >= 11 is 0. The zero-order chi connectivity index (χ0) is 12.3. The van der Waals surface area contributed by atoms with E-state index in [0.717, 1.165) is 17.0 Å². The minimum absolute atomic E-state index is 0.0478. The van der Waals surface area contributed by atoms with Crippen molar-refractivity contribution in [2.45, 2.75) is 19.4 Å². The topological polar surface area (TPSA) is 51.8 Å². The molecule has 3 nitrogen and oxygen atoms in total. The van der Waals surface area contributed by atoms with Gasteiger partial charge in [0.25, 0.3) is 0 Å². The second kappa shape index (κ2) is 5.01. The van der Waals surface area contributed by atoms with Crippen LogP contribution in [0.3, 0.4) is 0 Å². The SMILES string of the molecule is CC(N)Cc1ncc(-c2ccc(F)cc2)cn1. The van der Waals surface area contributed by atoms with Gasteiger partial charge in [0.15, 0.2) is 0 Å². The van der Waals surface area contributed by atoms with Gasteiger partial charge in [-0.3, -0.25) is 0 Å². The lowest BCUT2D eigenvalue weighted by atomic mass is 10.1. The molecule has 0 amide bonds. The van der Waals surface area contributed by atoms with Crippen molar-refractivity contribution in [3.63, 3.8) is 0 Å². The number of benzene rings is 1. The van der Waals surface area contributed by atoms with E-state index in [2.05, 4.69) is 9.97 Å². The maximum atomic E-state index is 12.8. The van der Waals surface area contributed by atoms with Crippen molar-refractivity contribution in [3.8, 4) is 11.1 Å². The Kier molecular flexibility index (Phi) is 3.44. The number of nitrogens with zero attached hydrogens (tertiary/aromatic N) is 2. The third-order valence-corrected chi connectivity index (χ3v) is 2.39. The Morgan fingerprint density at radius 3 is 2.24 bits per heavy atom. The molecular formula is C13H14FN3. The highest BCUT2D eigenvalue weighted by molar-refractivity contribution is 5.61. The molecule has 1 aromatic carbocycles. The molecule has 4 heteroatoms. The maximum absolute atomic E-state index is 12.8. The highest BCUT2D eigenvalue weighted by atomic mass is 19.1. The minimum atomic E-state index is -0.247. The molecule has 0 bridgehead atoms. The van der Waals surface area contributed by atoms with Gasteiger partial charge in [0.2, 0.25) is 0 Å². The van der Waals surface area contributed by atoms with Crippen LogP contribution < -0.4 is 5.73 Å². The molecule has 1 unspecified atom stereocenters. The zero-order valence-electron chi connectivity index (χ0n) is 9.60. The van der Waals surface area contributed by atoms with E-state index in [1.165, 1.54) is 12.1 Å². The highest BCUT2D eigenvalue weighted by Gasteiger charge is 2.03. The Labute approximate surface area is 99.5 Å². The maximum Gasteiger partial charge on any atom is 0.129 e. The lowest BCUT2D eigenvalue weighted by Gasteiger charge is -2.05. The molecule has 0 spiro atoms. The second-order valence-corrected chi connectivity index (χ2v) is 4.08. The average Bonchev–Trinajstić information content (AvgIpc) is 2.30. The van der Waals surface area contributed by atoms with Gasteiger partial charge in [-0.25, -0.2) is 14.4 Å². The molecule has 2 N–H and O–H groups in total. The van der Waals surface area contributed by atoms with Crippen molar-refractivity contribution >= 4 is 0 Å². The van der Waals surface area contributed by atoms with Crippen LogP contribution in [0.1, 0.15) is 12.7 Å². The quantitative estimate of drug-likeness (QED) is 0.880. The number of rotatable bonds is 3. The van der Waals surface area contributed by atoms with Gasteiger partial charge in [-0.05, 0) is 24.6 Å². The van der Waals surface area contributed by atoms with Gasteiger partial charge < -0.3 is 5.73 Å². The summed E-state index contributed by atoms with van der Waals surface area (Å²) in [5.41, 5.74) is 7.44. The van der Waals surface area contributed by atoms with E-state index in [9.17, 15) is 4.39 Å². The molecule has 88 valence electrons. The first kappa shape index (κ1) is 11.7. The molecule has 0 aliphatic carbocycles. The van der Waals surface area contributed by atoms with Gasteiger partial charge in [-0.1, -0.05) is 12.1 Å². The molecule has 1 atom stereocenters.